The summed E-state index contributed by atoms with van der Waals surface area (Å²) in [5.41, 5.74) is -1.00. The van der Waals surface area contributed by atoms with Gasteiger partial charge in [-0.1, -0.05) is 46.9 Å². The minimum Gasteiger partial charge on any atom is -0.491 e. The molecule has 1 rings (SSSR count). The quantitative estimate of drug-likeness (QED) is 0.480. The zero-order valence-electron chi connectivity index (χ0n) is 16.6. The Labute approximate surface area is 156 Å². The normalized spacial score (nSPS) is 17.0. The standard InChI is InChI=1S/C14H20F3NO3S.2C2H6/c1-5-13(14(15,16)17)10(2)11(3)21-12-6-8-18(9-7-12)22(4,19)20;2*1-2/h5,12H,1,3,6-9H2,2,4H3;2*1-2H3/b13-10+;;. The molecule has 8 heteroatoms. The lowest BCUT2D eigenvalue weighted by molar-refractivity contribution is -0.0892. The topological polar surface area (TPSA) is 46.6 Å². The Morgan fingerprint density at radius 3 is 1.88 bits per heavy atom. The van der Waals surface area contributed by atoms with Crippen LogP contribution in [0.25, 0.3) is 0 Å². The Kier molecular flexibility index (Phi) is 12.6. The van der Waals surface area contributed by atoms with Crippen LogP contribution in [0.15, 0.2) is 36.1 Å². The smallest absolute Gasteiger partial charge is 0.416 e. The van der Waals surface area contributed by atoms with E-state index >= 15 is 0 Å². The van der Waals surface area contributed by atoms with Crippen LogP contribution in [-0.2, 0) is 14.8 Å². The molecule has 0 amide bonds. The molecule has 0 N–H and O–H groups in total. The molecule has 154 valence electrons. The molecule has 0 aliphatic carbocycles. The van der Waals surface area contributed by atoms with Gasteiger partial charge in [0.2, 0.25) is 10.0 Å². The number of rotatable bonds is 5. The van der Waals surface area contributed by atoms with E-state index in [0.717, 1.165) is 12.3 Å². The lowest BCUT2D eigenvalue weighted by Crippen LogP contribution is -2.40. The van der Waals surface area contributed by atoms with Crippen molar-refractivity contribution in [1.29, 1.82) is 0 Å². The fraction of sp³-hybridized carbons (Fsp3) is 0.667. The molecule has 1 saturated heterocycles. The van der Waals surface area contributed by atoms with E-state index in [9.17, 15) is 21.6 Å². The Balaban J connectivity index is 0. The van der Waals surface area contributed by atoms with Crippen molar-refractivity contribution in [2.75, 3.05) is 19.3 Å². The molecule has 0 spiro atoms. The van der Waals surface area contributed by atoms with Gasteiger partial charge in [-0.2, -0.15) is 13.2 Å². The molecule has 4 nitrogen and oxygen atoms in total. The fourth-order valence-corrected chi connectivity index (χ4v) is 3.08. The number of ether oxygens (including phenoxy) is 1. The maximum Gasteiger partial charge on any atom is 0.416 e. The maximum absolute atomic E-state index is 12.8. The summed E-state index contributed by atoms with van der Waals surface area (Å²) in [6, 6.07) is 0. The first-order valence-corrected chi connectivity index (χ1v) is 10.5. The van der Waals surface area contributed by atoms with Crippen molar-refractivity contribution in [3.63, 3.8) is 0 Å². The summed E-state index contributed by atoms with van der Waals surface area (Å²) in [5.74, 6) is -0.0648. The number of allylic oxidation sites excluding steroid dienone is 3. The highest BCUT2D eigenvalue weighted by Crippen LogP contribution is 2.32. The molecule has 0 radical (unpaired) electrons. The second-order valence-electron chi connectivity index (χ2n) is 5.14. The number of alkyl halides is 3. The molecule has 1 heterocycles. The second-order valence-corrected chi connectivity index (χ2v) is 7.13. The molecule has 1 fully saturated rings. The minimum absolute atomic E-state index is 0.0648. The predicted octanol–water partition coefficient (Wildman–Crippen LogP) is 5.06. The van der Waals surface area contributed by atoms with Gasteiger partial charge in [0.15, 0.2) is 0 Å². The minimum atomic E-state index is -4.52. The van der Waals surface area contributed by atoms with Gasteiger partial charge in [-0.15, -0.1) is 0 Å². The van der Waals surface area contributed by atoms with E-state index in [2.05, 4.69) is 13.2 Å². The van der Waals surface area contributed by atoms with Gasteiger partial charge in [-0.05, 0) is 19.8 Å². The van der Waals surface area contributed by atoms with Crippen molar-refractivity contribution >= 4 is 10.0 Å². The summed E-state index contributed by atoms with van der Waals surface area (Å²) in [7, 11) is -3.25. The molecule has 0 aromatic heterocycles. The Morgan fingerprint density at radius 1 is 1.15 bits per heavy atom. The first-order chi connectivity index (χ1) is 12.0. The molecule has 0 saturated carbocycles. The van der Waals surface area contributed by atoms with Crippen molar-refractivity contribution in [3.05, 3.63) is 36.1 Å². The predicted molar refractivity (Wildman–Crippen MR) is 101 cm³/mol. The molecule has 1 aliphatic rings. The van der Waals surface area contributed by atoms with Gasteiger partial charge in [-0.25, -0.2) is 12.7 Å². The number of sulfonamides is 1. The lowest BCUT2D eigenvalue weighted by Gasteiger charge is -2.31. The summed E-state index contributed by atoms with van der Waals surface area (Å²) in [6.07, 6.45) is -2.18. The van der Waals surface area contributed by atoms with Gasteiger partial charge < -0.3 is 4.74 Å². The molecule has 0 aromatic carbocycles. The third-order valence-electron chi connectivity index (χ3n) is 3.51. The third kappa shape index (κ3) is 8.89. The van der Waals surface area contributed by atoms with Gasteiger partial charge in [0.25, 0.3) is 0 Å². The van der Waals surface area contributed by atoms with E-state index in [1.807, 2.05) is 27.7 Å². The van der Waals surface area contributed by atoms with Crippen LogP contribution in [0.5, 0.6) is 0 Å². The van der Waals surface area contributed by atoms with Crippen molar-refractivity contribution in [3.8, 4) is 0 Å². The van der Waals surface area contributed by atoms with Gasteiger partial charge in [0.05, 0.1) is 11.8 Å². The first kappa shape index (κ1) is 26.9. The van der Waals surface area contributed by atoms with E-state index in [-0.39, 0.29) is 30.5 Å². The van der Waals surface area contributed by atoms with Crippen LogP contribution >= 0.6 is 0 Å². The average molecular weight is 400 g/mol. The molecule has 26 heavy (non-hydrogen) atoms. The molecular formula is C18H32F3NO3S. The summed E-state index contributed by atoms with van der Waals surface area (Å²) >= 11 is 0. The molecule has 0 bridgehead atoms. The van der Waals surface area contributed by atoms with E-state index in [0.29, 0.717) is 12.8 Å². The van der Waals surface area contributed by atoms with E-state index in [1.165, 1.54) is 11.2 Å². The molecule has 1 aliphatic heterocycles. The maximum atomic E-state index is 12.8. The Morgan fingerprint density at radius 2 is 1.58 bits per heavy atom. The van der Waals surface area contributed by atoms with Gasteiger partial charge in [-0.3, -0.25) is 0 Å². The average Bonchev–Trinajstić information content (AvgIpc) is 2.57. The molecule has 0 atom stereocenters. The van der Waals surface area contributed by atoms with Crippen molar-refractivity contribution in [2.24, 2.45) is 0 Å². The second kappa shape index (κ2) is 12.2. The van der Waals surface area contributed by atoms with Crippen LogP contribution in [0, 0.1) is 0 Å². The SMILES string of the molecule is C=C/C(=C(/C)C(=C)OC1CCN(S(C)(=O)=O)CC1)C(F)(F)F.CC.CC. The number of hydrogen-bond donors (Lipinski definition) is 0. The van der Waals surface area contributed by atoms with E-state index < -0.39 is 21.8 Å². The van der Waals surface area contributed by atoms with Crippen LogP contribution in [0.2, 0.25) is 0 Å². The lowest BCUT2D eigenvalue weighted by atomic mass is 10.1. The van der Waals surface area contributed by atoms with Gasteiger partial charge >= 0.3 is 6.18 Å². The fourth-order valence-electron chi connectivity index (χ4n) is 2.20. The van der Waals surface area contributed by atoms with Crippen LogP contribution in [0.1, 0.15) is 47.5 Å². The summed E-state index contributed by atoms with van der Waals surface area (Å²) in [5, 5.41) is 0. The third-order valence-corrected chi connectivity index (χ3v) is 4.81. The molecule has 0 unspecified atom stereocenters. The number of piperidine rings is 1. The highest BCUT2D eigenvalue weighted by Gasteiger charge is 2.34. The first-order valence-electron chi connectivity index (χ1n) is 8.68. The zero-order chi connectivity index (χ0) is 21.1. The number of hydrogen-bond acceptors (Lipinski definition) is 3. The van der Waals surface area contributed by atoms with Crippen LogP contribution < -0.4 is 0 Å². The molecule has 0 aromatic rings. The summed E-state index contributed by atoms with van der Waals surface area (Å²) in [6.45, 7) is 16.6. The van der Waals surface area contributed by atoms with Crippen LogP contribution in [-0.4, -0.2) is 44.3 Å². The van der Waals surface area contributed by atoms with E-state index in [4.69, 9.17) is 4.74 Å². The van der Waals surface area contributed by atoms with Crippen LogP contribution in [0.4, 0.5) is 13.2 Å². The van der Waals surface area contributed by atoms with Crippen molar-refractivity contribution in [2.45, 2.75) is 59.7 Å². The number of nitrogens with zero attached hydrogens (tertiary/aromatic N) is 1. The van der Waals surface area contributed by atoms with Gasteiger partial charge in [0.1, 0.15) is 11.9 Å². The highest BCUT2D eigenvalue weighted by atomic mass is 32.2. The zero-order valence-corrected chi connectivity index (χ0v) is 17.4. The largest absolute Gasteiger partial charge is 0.491 e. The monoisotopic (exact) mass is 399 g/mol. The van der Waals surface area contributed by atoms with Crippen LogP contribution in [0.3, 0.4) is 0 Å². The van der Waals surface area contributed by atoms with Crippen molar-refractivity contribution < 1.29 is 26.3 Å². The van der Waals surface area contributed by atoms with E-state index in [1.54, 1.807) is 0 Å². The number of halogens is 3. The summed E-state index contributed by atoms with van der Waals surface area (Å²) in [4.78, 5) is 0. The Hall–Kier alpha value is -1.28. The van der Waals surface area contributed by atoms with Gasteiger partial charge in [0, 0.05) is 18.7 Å². The summed E-state index contributed by atoms with van der Waals surface area (Å²) < 4.78 is 67.9. The van der Waals surface area contributed by atoms with Crippen molar-refractivity contribution in [1.82, 2.24) is 4.31 Å². The Bertz CT molecular complexity index is 573. The molecular weight excluding hydrogens is 367 g/mol. The highest BCUT2D eigenvalue weighted by molar-refractivity contribution is 7.88.